The van der Waals surface area contributed by atoms with E-state index >= 15 is 0 Å². The van der Waals surface area contributed by atoms with Gasteiger partial charge in [0.15, 0.2) is 0 Å². The number of carbonyl (C=O) groups excluding carboxylic acids is 1. The summed E-state index contributed by atoms with van der Waals surface area (Å²) in [7, 11) is 0. The summed E-state index contributed by atoms with van der Waals surface area (Å²) in [5, 5.41) is 3.71. The molecule has 90 valence electrons. The molecule has 3 rings (SSSR count). The van der Waals surface area contributed by atoms with Crippen molar-refractivity contribution in [3.63, 3.8) is 0 Å². The van der Waals surface area contributed by atoms with E-state index in [9.17, 15) is 4.79 Å². The summed E-state index contributed by atoms with van der Waals surface area (Å²) in [6, 6.07) is 3.77. The molecular weight excluding hydrogens is 302 g/mol. The van der Waals surface area contributed by atoms with Gasteiger partial charge in [0.1, 0.15) is 0 Å². The average molecular weight is 315 g/mol. The van der Waals surface area contributed by atoms with Gasteiger partial charge >= 0.3 is 0 Å². The van der Waals surface area contributed by atoms with Gasteiger partial charge in [0.05, 0.1) is 11.1 Å². The van der Waals surface area contributed by atoms with Crippen LogP contribution in [0.2, 0.25) is 5.02 Å². The van der Waals surface area contributed by atoms with Crippen molar-refractivity contribution < 1.29 is 4.79 Å². The van der Waals surface area contributed by atoms with Gasteiger partial charge in [-0.2, -0.15) is 0 Å². The Morgan fingerprint density at radius 1 is 1.24 bits per heavy atom. The van der Waals surface area contributed by atoms with Crippen LogP contribution in [-0.2, 0) is 10.2 Å². The van der Waals surface area contributed by atoms with Crippen LogP contribution in [-0.4, -0.2) is 5.91 Å². The van der Waals surface area contributed by atoms with Crippen molar-refractivity contribution in [2.24, 2.45) is 0 Å². The summed E-state index contributed by atoms with van der Waals surface area (Å²) in [5.74, 6) is 0.126. The van der Waals surface area contributed by atoms with Gasteiger partial charge in [-0.3, -0.25) is 4.79 Å². The number of carbonyl (C=O) groups is 1. The predicted molar refractivity (Wildman–Crippen MR) is 72.5 cm³/mol. The third-order valence-electron chi connectivity index (χ3n) is 3.96. The monoisotopic (exact) mass is 313 g/mol. The van der Waals surface area contributed by atoms with Crippen LogP contribution in [0.3, 0.4) is 0 Å². The smallest absolute Gasteiger partial charge is 0.235 e. The number of hydrogen-bond acceptors (Lipinski definition) is 1. The summed E-state index contributed by atoms with van der Waals surface area (Å²) in [6.45, 7) is 0. The third kappa shape index (κ3) is 1.55. The molecule has 4 heteroatoms. The number of nitrogens with one attached hydrogen (secondary N) is 1. The van der Waals surface area contributed by atoms with Crippen molar-refractivity contribution >= 4 is 39.1 Å². The van der Waals surface area contributed by atoms with E-state index in [0.717, 1.165) is 41.4 Å². The Kier molecular flexibility index (Phi) is 2.71. The van der Waals surface area contributed by atoms with Crippen LogP contribution in [0.15, 0.2) is 16.6 Å². The van der Waals surface area contributed by atoms with E-state index < -0.39 is 0 Å². The maximum Gasteiger partial charge on any atom is 0.235 e. The van der Waals surface area contributed by atoms with Crippen molar-refractivity contribution in [2.75, 3.05) is 5.32 Å². The lowest BCUT2D eigenvalue weighted by molar-refractivity contribution is -0.121. The van der Waals surface area contributed by atoms with Crippen LogP contribution in [0.1, 0.15) is 37.7 Å². The molecule has 17 heavy (non-hydrogen) atoms. The van der Waals surface area contributed by atoms with Crippen molar-refractivity contribution in [1.82, 2.24) is 0 Å². The van der Waals surface area contributed by atoms with Crippen molar-refractivity contribution in [3.8, 4) is 0 Å². The minimum Gasteiger partial charge on any atom is -0.324 e. The van der Waals surface area contributed by atoms with Gasteiger partial charge in [-0.15, -0.1) is 0 Å². The molecule has 1 fully saturated rings. The summed E-state index contributed by atoms with van der Waals surface area (Å²) in [6.07, 6.45) is 5.27. The Morgan fingerprint density at radius 2 is 1.94 bits per heavy atom. The van der Waals surface area contributed by atoms with Crippen LogP contribution >= 0.6 is 27.5 Å². The van der Waals surface area contributed by atoms with E-state index in [1.54, 1.807) is 0 Å². The quantitative estimate of drug-likeness (QED) is 0.762. The average Bonchev–Trinajstić information content (AvgIpc) is 2.61. The fourth-order valence-corrected chi connectivity index (χ4v) is 3.89. The van der Waals surface area contributed by atoms with E-state index in [-0.39, 0.29) is 11.3 Å². The van der Waals surface area contributed by atoms with Gasteiger partial charge in [-0.1, -0.05) is 30.9 Å². The molecule has 2 aliphatic rings. The lowest BCUT2D eigenvalue weighted by Crippen LogP contribution is -2.36. The number of amides is 1. The van der Waals surface area contributed by atoms with Crippen LogP contribution in [0.4, 0.5) is 5.69 Å². The summed E-state index contributed by atoms with van der Waals surface area (Å²) >= 11 is 9.80. The predicted octanol–water partition coefficient (Wildman–Crippen LogP) is 4.26. The number of benzene rings is 1. The summed E-state index contributed by atoms with van der Waals surface area (Å²) < 4.78 is 0.924. The Labute approximate surface area is 114 Å². The fraction of sp³-hybridized carbons (Fsp3) is 0.462. The van der Waals surface area contributed by atoms with Crippen LogP contribution < -0.4 is 5.32 Å². The fourth-order valence-electron chi connectivity index (χ4n) is 3.12. The first-order valence-corrected chi connectivity index (χ1v) is 7.12. The molecule has 0 saturated heterocycles. The highest BCUT2D eigenvalue weighted by Gasteiger charge is 2.48. The maximum atomic E-state index is 12.3. The Morgan fingerprint density at radius 3 is 2.65 bits per heavy atom. The van der Waals surface area contributed by atoms with Crippen molar-refractivity contribution in [2.45, 2.75) is 37.5 Å². The lowest BCUT2D eigenvalue weighted by Gasteiger charge is -2.31. The number of halogens is 2. The van der Waals surface area contributed by atoms with E-state index in [4.69, 9.17) is 11.6 Å². The molecule has 1 saturated carbocycles. The largest absolute Gasteiger partial charge is 0.324 e. The van der Waals surface area contributed by atoms with E-state index in [2.05, 4.69) is 21.2 Å². The Hall–Kier alpha value is -0.540. The zero-order chi connectivity index (χ0) is 12.0. The lowest BCUT2D eigenvalue weighted by atomic mass is 9.70. The standard InChI is InChI=1S/C13H13BrClNO/c14-8-4-5-9(15)10-11(8)16-12(17)13(10)6-2-1-3-7-13/h4-5H,1-3,6-7H2,(H,16,17). The zero-order valence-corrected chi connectivity index (χ0v) is 11.7. The first-order chi connectivity index (χ1) is 8.15. The molecule has 0 bridgehead atoms. The highest BCUT2D eigenvalue weighted by Crippen LogP contribution is 2.52. The minimum absolute atomic E-state index is 0.126. The first kappa shape index (κ1) is 11.5. The van der Waals surface area contributed by atoms with Crippen molar-refractivity contribution in [1.29, 1.82) is 0 Å². The second kappa shape index (κ2) is 3.99. The SMILES string of the molecule is O=C1Nc2c(Br)ccc(Cl)c2C12CCCCC2. The van der Waals surface area contributed by atoms with Crippen LogP contribution in [0.5, 0.6) is 0 Å². The van der Waals surface area contributed by atoms with Gasteiger partial charge in [0.2, 0.25) is 5.91 Å². The Balaban J connectivity index is 2.21. The normalized spacial score (nSPS) is 21.4. The first-order valence-electron chi connectivity index (χ1n) is 5.95. The topological polar surface area (TPSA) is 29.1 Å². The van der Waals surface area contributed by atoms with Gasteiger partial charge in [-0.25, -0.2) is 0 Å². The number of rotatable bonds is 0. The van der Waals surface area contributed by atoms with Crippen LogP contribution in [0.25, 0.3) is 0 Å². The van der Waals surface area contributed by atoms with Gasteiger partial charge in [0.25, 0.3) is 0 Å². The molecule has 0 radical (unpaired) electrons. The summed E-state index contributed by atoms with van der Waals surface area (Å²) in [4.78, 5) is 12.3. The molecule has 1 amide bonds. The molecular formula is C13H13BrClNO. The molecule has 0 atom stereocenters. The Bertz CT molecular complexity index is 494. The molecule has 1 aliphatic carbocycles. The number of hydrogen-bond donors (Lipinski definition) is 1. The second-order valence-corrected chi connectivity index (χ2v) is 6.14. The summed E-state index contributed by atoms with van der Waals surface area (Å²) in [5.41, 5.74) is 1.52. The van der Waals surface area contributed by atoms with Gasteiger partial charge in [-0.05, 0) is 40.9 Å². The molecule has 0 unspecified atom stereocenters. The molecule has 1 spiro atoms. The molecule has 1 aromatic carbocycles. The highest BCUT2D eigenvalue weighted by atomic mass is 79.9. The molecule has 1 aliphatic heterocycles. The van der Waals surface area contributed by atoms with Crippen LogP contribution in [0, 0.1) is 0 Å². The van der Waals surface area contributed by atoms with E-state index in [1.165, 1.54) is 6.42 Å². The molecule has 0 aromatic heterocycles. The van der Waals surface area contributed by atoms with E-state index in [1.807, 2.05) is 12.1 Å². The zero-order valence-electron chi connectivity index (χ0n) is 9.35. The minimum atomic E-state index is -0.367. The van der Waals surface area contributed by atoms with Crippen molar-refractivity contribution in [3.05, 3.63) is 27.2 Å². The number of anilines is 1. The van der Waals surface area contributed by atoms with Gasteiger partial charge < -0.3 is 5.32 Å². The second-order valence-electron chi connectivity index (χ2n) is 4.88. The molecule has 1 heterocycles. The molecule has 1 N–H and O–H groups in total. The molecule has 1 aromatic rings. The molecule has 2 nitrogen and oxygen atoms in total. The maximum absolute atomic E-state index is 12.3. The third-order valence-corrected chi connectivity index (χ3v) is 4.94. The van der Waals surface area contributed by atoms with E-state index in [0.29, 0.717) is 5.02 Å². The van der Waals surface area contributed by atoms with Gasteiger partial charge in [0, 0.05) is 15.1 Å². The number of fused-ring (bicyclic) bond motifs is 2. The highest BCUT2D eigenvalue weighted by molar-refractivity contribution is 9.10.